The highest BCUT2D eigenvalue weighted by Gasteiger charge is 2.31. The second kappa shape index (κ2) is 3.00. The fourth-order valence-corrected chi connectivity index (χ4v) is 2.79. The largest absolute Gasteiger partial charge is 0.410 e. The molecular weight excluding hydrogens is 240 g/mol. The molecule has 0 atom stereocenters. The first-order valence-corrected chi connectivity index (χ1v) is 6.14. The van der Waals surface area contributed by atoms with Gasteiger partial charge in [-0.3, -0.25) is 4.98 Å². The normalized spacial score (nSPS) is 13.1. The number of hydrogen-bond acceptors (Lipinski definition) is 3. The summed E-state index contributed by atoms with van der Waals surface area (Å²) in [5.41, 5.74) is 4.99. The highest BCUT2D eigenvalue weighted by atomic mass is 16.4. The van der Waals surface area contributed by atoms with Crippen LogP contribution in [0, 0.1) is 0 Å². The number of rotatable bonds is 0. The summed E-state index contributed by atoms with van der Waals surface area (Å²) in [5.74, 6) is 0.807. The summed E-state index contributed by atoms with van der Waals surface area (Å²) in [6.07, 6.45) is 5.65. The van der Waals surface area contributed by atoms with Gasteiger partial charge in [0.1, 0.15) is 18.1 Å². The van der Waals surface area contributed by atoms with Gasteiger partial charge in [0.25, 0.3) is 0 Å². The molecule has 0 N–H and O–H groups in total. The Morgan fingerprint density at radius 1 is 1.16 bits per heavy atom. The molecule has 90 valence electrons. The van der Waals surface area contributed by atoms with Crippen LogP contribution in [-0.4, -0.2) is 14.5 Å². The highest BCUT2D eigenvalue weighted by molar-refractivity contribution is 5.69. The van der Waals surface area contributed by atoms with Crippen LogP contribution in [0.2, 0.25) is 0 Å². The predicted molar refractivity (Wildman–Crippen MR) is 67.5 cm³/mol. The molecular formula is C14H9N4O+. The first-order chi connectivity index (χ1) is 9.42. The van der Waals surface area contributed by atoms with E-state index in [9.17, 15) is 0 Å². The maximum absolute atomic E-state index is 5.90. The minimum absolute atomic E-state index is 0.800. The summed E-state index contributed by atoms with van der Waals surface area (Å²) in [4.78, 5) is 8.83. The molecule has 5 rings (SSSR count). The van der Waals surface area contributed by atoms with E-state index in [0.717, 1.165) is 35.0 Å². The third kappa shape index (κ3) is 1.03. The minimum atomic E-state index is 0.800. The standard InChI is InChI=1S/C14H9N4O/c1-3-9-7-17-10(12(9)15-5-1)8-18-13-11(19-14(17)18)4-2-6-16-13/h1-6,8H,7H2/q+1. The third-order valence-electron chi connectivity index (χ3n) is 3.62. The van der Waals surface area contributed by atoms with Gasteiger partial charge in [0.15, 0.2) is 5.69 Å². The van der Waals surface area contributed by atoms with Crippen LogP contribution in [-0.2, 0) is 6.54 Å². The molecule has 0 saturated heterocycles. The summed E-state index contributed by atoms with van der Waals surface area (Å²) in [5, 5.41) is 0. The molecule has 4 aromatic rings. The zero-order chi connectivity index (χ0) is 12.4. The Morgan fingerprint density at radius 2 is 2.05 bits per heavy atom. The number of imidazole rings is 1. The molecule has 5 nitrogen and oxygen atoms in total. The number of aromatic nitrogens is 4. The quantitative estimate of drug-likeness (QED) is 0.393. The first-order valence-electron chi connectivity index (χ1n) is 6.14. The Kier molecular flexibility index (Phi) is 1.46. The van der Waals surface area contributed by atoms with E-state index >= 15 is 0 Å². The zero-order valence-corrected chi connectivity index (χ0v) is 9.95. The molecule has 0 saturated carbocycles. The lowest BCUT2D eigenvalue weighted by Gasteiger charge is -1.91. The Balaban J connectivity index is 1.93. The van der Waals surface area contributed by atoms with E-state index in [1.54, 1.807) is 6.20 Å². The fourth-order valence-electron chi connectivity index (χ4n) is 2.79. The van der Waals surface area contributed by atoms with Crippen molar-refractivity contribution >= 4 is 17.1 Å². The smallest absolute Gasteiger partial charge is 0.396 e. The summed E-state index contributed by atoms with van der Waals surface area (Å²) in [7, 11) is 0. The van der Waals surface area contributed by atoms with Crippen LogP contribution >= 0.6 is 0 Å². The molecule has 1 aliphatic heterocycles. The molecule has 0 bridgehead atoms. The minimum Gasteiger partial charge on any atom is -0.396 e. The van der Waals surface area contributed by atoms with E-state index in [4.69, 9.17) is 4.42 Å². The summed E-state index contributed by atoms with van der Waals surface area (Å²) < 4.78 is 10.0. The van der Waals surface area contributed by atoms with E-state index in [0.29, 0.717) is 0 Å². The van der Waals surface area contributed by atoms with E-state index in [2.05, 4.69) is 20.6 Å². The van der Waals surface area contributed by atoms with Crippen molar-refractivity contribution in [3.05, 3.63) is 48.4 Å². The lowest BCUT2D eigenvalue weighted by molar-refractivity contribution is -0.486. The van der Waals surface area contributed by atoms with Gasteiger partial charge in [-0.05, 0) is 18.2 Å². The van der Waals surface area contributed by atoms with Crippen molar-refractivity contribution in [3.8, 4) is 11.4 Å². The average molecular weight is 249 g/mol. The van der Waals surface area contributed by atoms with Gasteiger partial charge in [-0.15, -0.1) is 4.98 Å². The van der Waals surface area contributed by atoms with Gasteiger partial charge in [0.2, 0.25) is 5.58 Å². The van der Waals surface area contributed by atoms with Crippen molar-refractivity contribution in [1.29, 1.82) is 0 Å². The Hall–Kier alpha value is -2.69. The van der Waals surface area contributed by atoms with Gasteiger partial charge in [-0.2, -0.15) is 4.40 Å². The van der Waals surface area contributed by atoms with Crippen molar-refractivity contribution in [3.63, 3.8) is 0 Å². The van der Waals surface area contributed by atoms with Gasteiger partial charge >= 0.3 is 11.5 Å². The summed E-state index contributed by atoms with van der Waals surface area (Å²) in [6.45, 7) is 0.800. The van der Waals surface area contributed by atoms with Gasteiger partial charge < -0.3 is 4.42 Å². The number of pyridine rings is 2. The zero-order valence-electron chi connectivity index (χ0n) is 9.95. The molecule has 0 fully saturated rings. The molecule has 0 radical (unpaired) electrons. The van der Waals surface area contributed by atoms with Crippen LogP contribution in [0.3, 0.4) is 0 Å². The number of fused-ring (bicyclic) bond motifs is 7. The lowest BCUT2D eigenvalue weighted by Crippen LogP contribution is -2.17. The molecule has 0 aliphatic carbocycles. The van der Waals surface area contributed by atoms with Crippen LogP contribution in [0.15, 0.2) is 47.3 Å². The van der Waals surface area contributed by atoms with E-state index in [-0.39, 0.29) is 0 Å². The van der Waals surface area contributed by atoms with Crippen LogP contribution in [0.25, 0.3) is 28.5 Å². The molecule has 4 aromatic heterocycles. The van der Waals surface area contributed by atoms with Crippen molar-refractivity contribution in [2.24, 2.45) is 0 Å². The van der Waals surface area contributed by atoms with Gasteiger partial charge in [-0.25, -0.2) is 4.57 Å². The molecule has 19 heavy (non-hydrogen) atoms. The Bertz CT molecular complexity index is 951. The second-order valence-electron chi connectivity index (χ2n) is 4.69. The highest BCUT2D eigenvalue weighted by Crippen LogP contribution is 2.31. The molecule has 0 unspecified atom stereocenters. The number of oxazole rings is 1. The van der Waals surface area contributed by atoms with E-state index in [1.807, 2.05) is 35.0 Å². The molecule has 5 heterocycles. The summed E-state index contributed by atoms with van der Waals surface area (Å²) >= 11 is 0. The number of hydrogen-bond donors (Lipinski definition) is 0. The van der Waals surface area contributed by atoms with Gasteiger partial charge in [0, 0.05) is 11.8 Å². The maximum atomic E-state index is 5.90. The Morgan fingerprint density at radius 3 is 3.05 bits per heavy atom. The van der Waals surface area contributed by atoms with E-state index in [1.165, 1.54) is 5.56 Å². The fraction of sp³-hybridized carbons (Fsp3) is 0.0714. The predicted octanol–water partition coefficient (Wildman–Crippen LogP) is 1.79. The van der Waals surface area contributed by atoms with Crippen molar-refractivity contribution in [2.45, 2.75) is 6.54 Å². The van der Waals surface area contributed by atoms with Gasteiger partial charge in [0.05, 0.1) is 6.54 Å². The summed E-state index contributed by atoms with van der Waals surface area (Å²) in [6, 6.07) is 7.89. The van der Waals surface area contributed by atoms with E-state index < -0.39 is 0 Å². The van der Waals surface area contributed by atoms with Crippen molar-refractivity contribution in [2.75, 3.05) is 0 Å². The topological polar surface area (TPSA) is 48.0 Å². The molecule has 0 amide bonds. The first kappa shape index (κ1) is 9.27. The van der Waals surface area contributed by atoms with Crippen molar-refractivity contribution in [1.82, 2.24) is 14.5 Å². The molecule has 0 aromatic carbocycles. The number of nitrogens with zero attached hydrogens (tertiary/aromatic N) is 4. The van der Waals surface area contributed by atoms with Crippen LogP contribution < -0.4 is 4.40 Å². The average Bonchev–Trinajstić information content (AvgIpc) is 3.07. The lowest BCUT2D eigenvalue weighted by atomic mass is 10.2. The molecule has 1 aliphatic rings. The van der Waals surface area contributed by atoms with Crippen LogP contribution in [0.5, 0.6) is 0 Å². The van der Waals surface area contributed by atoms with Crippen LogP contribution in [0.4, 0.5) is 0 Å². The SMILES string of the molecule is c1cnc2c(c1)Cn1c-2c[n+]2c3ncccc3oc12. The monoisotopic (exact) mass is 249 g/mol. The Labute approximate surface area is 107 Å². The maximum Gasteiger partial charge on any atom is 0.410 e. The molecule has 5 heteroatoms. The third-order valence-corrected chi connectivity index (χ3v) is 3.62. The molecule has 0 spiro atoms. The van der Waals surface area contributed by atoms with Gasteiger partial charge in [-0.1, -0.05) is 6.07 Å². The second-order valence-corrected chi connectivity index (χ2v) is 4.69. The van der Waals surface area contributed by atoms with Crippen LogP contribution in [0.1, 0.15) is 5.56 Å². The van der Waals surface area contributed by atoms with Crippen molar-refractivity contribution < 1.29 is 8.82 Å².